The molecule has 0 spiro atoms. The lowest BCUT2D eigenvalue weighted by atomic mass is 10.1. The molecule has 0 aliphatic carbocycles. The molecular weight excluding hydrogens is 437 g/mol. The van der Waals surface area contributed by atoms with Gasteiger partial charge in [-0.3, -0.25) is 9.36 Å². The summed E-state index contributed by atoms with van der Waals surface area (Å²) in [6, 6.07) is 23.3. The second kappa shape index (κ2) is 8.80. The Morgan fingerprint density at radius 1 is 1.03 bits per heavy atom. The topological polar surface area (TPSA) is 67.0 Å². The molecule has 1 aromatic heterocycles. The van der Waals surface area contributed by atoms with Crippen LogP contribution in [0.2, 0.25) is 0 Å². The first kappa shape index (κ1) is 20.8. The molecule has 0 saturated carbocycles. The molecule has 1 amide bonds. The first-order valence-electron chi connectivity index (χ1n) is 10.3. The van der Waals surface area contributed by atoms with Gasteiger partial charge in [-0.25, -0.2) is 14.4 Å². The van der Waals surface area contributed by atoms with Crippen molar-refractivity contribution in [1.82, 2.24) is 4.57 Å². The molecule has 0 fully saturated rings. The fraction of sp³-hybridized carbons (Fsp3) is 0.0385. The summed E-state index contributed by atoms with van der Waals surface area (Å²) in [5.74, 6) is -0.854. The van der Waals surface area contributed by atoms with Crippen molar-refractivity contribution in [2.24, 2.45) is 9.98 Å². The summed E-state index contributed by atoms with van der Waals surface area (Å²) in [7, 11) is 0. The van der Waals surface area contributed by atoms with Crippen LogP contribution < -0.4 is 15.4 Å². The molecule has 33 heavy (non-hydrogen) atoms. The van der Waals surface area contributed by atoms with Crippen molar-refractivity contribution in [1.29, 1.82) is 0 Å². The van der Waals surface area contributed by atoms with Gasteiger partial charge in [0.2, 0.25) is 5.88 Å². The van der Waals surface area contributed by atoms with Crippen LogP contribution in [0.15, 0.2) is 94.4 Å². The summed E-state index contributed by atoms with van der Waals surface area (Å²) < 4.78 is 15.4. The van der Waals surface area contributed by atoms with Gasteiger partial charge in [0, 0.05) is 10.8 Å². The Kier molecular flexibility index (Phi) is 5.54. The van der Waals surface area contributed by atoms with E-state index in [1.165, 1.54) is 29.5 Å². The van der Waals surface area contributed by atoms with Crippen molar-refractivity contribution in [2.75, 3.05) is 0 Å². The maximum atomic E-state index is 13.7. The monoisotopic (exact) mass is 455 g/mol. The highest BCUT2D eigenvalue weighted by Gasteiger charge is 2.16. The summed E-state index contributed by atoms with van der Waals surface area (Å²) in [5, 5.41) is 12.0. The summed E-state index contributed by atoms with van der Waals surface area (Å²) >= 11 is 1.26. The third-order valence-electron chi connectivity index (χ3n) is 5.13. The minimum absolute atomic E-state index is 0.00252. The van der Waals surface area contributed by atoms with Crippen LogP contribution in [0, 0.1) is 5.82 Å². The maximum Gasteiger partial charge on any atom is 0.277 e. The zero-order chi connectivity index (χ0) is 22.8. The fourth-order valence-corrected chi connectivity index (χ4v) is 4.51. The second-order valence-electron chi connectivity index (χ2n) is 7.46. The molecule has 0 atom stereocenters. The zero-order valence-electron chi connectivity index (χ0n) is 17.4. The van der Waals surface area contributed by atoms with E-state index in [4.69, 9.17) is 4.99 Å². The number of halogens is 1. The number of hydrogen-bond acceptors (Lipinski definition) is 4. The molecule has 0 saturated heterocycles. The van der Waals surface area contributed by atoms with Gasteiger partial charge in [-0.15, -0.1) is 0 Å². The highest BCUT2D eigenvalue weighted by molar-refractivity contribution is 7.10. The summed E-state index contributed by atoms with van der Waals surface area (Å²) in [6.45, 7) is 0.411. The SMILES string of the molecule is O=C1N=c2ccc(F)cc2=C/C1=C/c1sc(=Nc2ccccc2)n(Cc2ccccc2)c1O. The molecule has 4 aromatic rings. The number of amides is 1. The first-order valence-corrected chi connectivity index (χ1v) is 11.1. The first-order chi connectivity index (χ1) is 16.1. The van der Waals surface area contributed by atoms with Gasteiger partial charge in [-0.2, -0.15) is 0 Å². The lowest BCUT2D eigenvalue weighted by Gasteiger charge is -2.06. The largest absolute Gasteiger partial charge is 0.493 e. The zero-order valence-corrected chi connectivity index (χ0v) is 18.2. The van der Waals surface area contributed by atoms with Gasteiger partial charge in [-0.05, 0) is 48.0 Å². The Hall–Kier alpha value is -4.10. The van der Waals surface area contributed by atoms with Gasteiger partial charge in [0.25, 0.3) is 5.91 Å². The van der Waals surface area contributed by atoms with Gasteiger partial charge in [0.05, 0.1) is 22.5 Å². The number of rotatable bonds is 4. The molecule has 0 bridgehead atoms. The third-order valence-corrected chi connectivity index (χ3v) is 6.14. The van der Waals surface area contributed by atoms with Crippen molar-refractivity contribution in [3.8, 4) is 5.88 Å². The minimum Gasteiger partial charge on any atom is -0.493 e. The average Bonchev–Trinajstić information content (AvgIpc) is 3.10. The van der Waals surface area contributed by atoms with Crippen LogP contribution in [-0.2, 0) is 11.3 Å². The molecule has 1 aliphatic heterocycles. The van der Waals surface area contributed by atoms with Crippen molar-refractivity contribution >= 4 is 35.1 Å². The number of carbonyl (C=O) groups excluding carboxylic acids is 1. The van der Waals surface area contributed by atoms with Gasteiger partial charge in [0.15, 0.2) is 4.80 Å². The number of carbonyl (C=O) groups is 1. The number of fused-ring (bicyclic) bond motifs is 1. The van der Waals surface area contributed by atoms with Crippen LogP contribution in [0.3, 0.4) is 0 Å². The van der Waals surface area contributed by atoms with E-state index in [2.05, 4.69) is 4.99 Å². The van der Waals surface area contributed by atoms with Crippen LogP contribution in [0.1, 0.15) is 10.4 Å². The van der Waals surface area contributed by atoms with Crippen LogP contribution in [0.25, 0.3) is 12.2 Å². The number of para-hydroxylation sites is 1. The van der Waals surface area contributed by atoms with E-state index in [0.717, 1.165) is 11.3 Å². The van der Waals surface area contributed by atoms with E-state index in [1.54, 1.807) is 16.7 Å². The number of aromatic nitrogens is 1. The van der Waals surface area contributed by atoms with E-state index in [-0.39, 0.29) is 11.5 Å². The molecule has 0 radical (unpaired) electrons. The molecular formula is C26H18FN3O2S. The predicted molar refractivity (Wildman–Crippen MR) is 126 cm³/mol. The Morgan fingerprint density at radius 3 is 2.52 bits per heavy atom. The average molecular weight is 456 g/mol. The number of nitrogens with zero attached hydrogens (tertiary/aromatic N) is 3. The molecule has 1 aliphatic rings. The lowest BCUT2D eigenvalue weighted by Crippen LogP contribution is -2.30. The summed E-state index contributed by atoms with van der Waals surface area (Å²) in [6.07, 6.45) is 3.16. The molecule has 1 N–H and O–H groups in total. The number of hydrogen-bond donors (Lipinski definition) is 1. The van der Waals surface area contributed by atoms with Gasteiger partial charge < -0.3 is 5.11 Å². The van der Waals surface area contributed by atoms with Crippen LogP contribution in [0.5, 0.6) is 5.88 Å². The number of aromatic hydroxyl groups is 1. The molecule has 3 aromatic carbocycles. The smallest absolute Gasteiger partial charge is 0.277 e. The standard InChI is InChI=1S/C26H18FN3O2S/c27-20-11-12-22-18(14-20)13-19(24(31)29-22)15-23-25(32)30(16-17-7-3-1-4-8-17)26(33-23)28-21-9-5-2-6-10-21/h1-15,32H,16H2/b19-15-,28-26?. The van der Waals surface area contributed by atoms with Gasteiger partial charge in [-0.1, -0.05) is 59.9 Å². The Morgan fingerprint density at radius 2 is 1.76 bits per heavy atom. The van der Waals surface area contributed by atoms with E-state index < -0.39 is 11.7 Å². The molecule has 7 heteroatoms. The fourth-order valence-electron chi connectivity index (χ4n) is 3.51. The summed E-state index contributed by atoms with van der Waals surface area (Å²) in [4.78, 5) is 22.4. The molecule has 162 valence electrons. The molecule has 5 nitrogen and oxygen atoms in total. The van der Waals surface area contributed by atoms with Gasteiger partial charge in [0.1, 0.15) is 5.82 Å². The van der Waals surface area contributed by atoms with Crippen LogP contribution in [-0.4, -0.2) is 15.6 Å². The van der Waals surface area contributed by atoms with E-state index >= 15 is 0 Å². The Balaban J connectivity index is 1.65. The van der Waals surface area contributed by atoms with Crippen LogP contribution >= 0.6 is 11.3 Å². The third kappa shape index (κ3) is 4.44. The predicted octanol–water partition coefficient (Wildman–Crippen LogP) is 3.70. The normalized spacial score (nSPS) is 14.6. The molecule has 5 rings (SSSR count). The Bertz CT molecular complexity index is 1570. The highest BCUT2D eigenvalue weighted by Crippen LogP contribution is 2.26. The van der Waals surface area contributed by atoms with Crippen molar-refractivity contribution in [3.05, 3.63) is 116 Å². The van der Waals surface area contributed by atoms with Crippen LogP contribution in [0.4, 0.5) is 10.1 Å². The number of thiazole rings is 1. The molecule has 2 heterocycles. The van der Waals surface area contributed by atoms with E-state index in [1.807, 2.05) is 60.7 Å². The van der Waals surface area contributed by atoms with E-state index in [0.29, 0.717) is 26.8 Å². The van der Waals surface area contributed by atoms with Crippen molar-refractivity contribution < 1.29 is 14.3 Å². The Labute approximate surface area is 192 Å². The lowest BCUT2D eigenvalue weighted by molar-refractivity contribution is -0.114. The van der Waals surface area contributed by atoms with Gasteiger partial charge >= 0.3 is 0 Å². The minimum atomic E-state index is -0.446. The van der Waals surface area contributed by atoms with E-state index in [9.17, 15) is 14.3 Å². The maximum absolute atomic E-state index is 13.7. The van der Waals surface area contributed by atoms with Crippen molar-refractivity contribution in [2.45, 2.75) is 6.54 Å². The highest BCUT2D eigenvalue weighted by atomic mass is 32.1. The van der Waals surface area contributed by atoms with Crippen molar-refractivity contribution in [3.63, 3.8) is 0 Å². The second-order valence-corrected chi connectivity index (χ2v) is 8.46. The molecule has 0 unspecified atom stereocenters. The summed E-state index contributed by atoms with van der Waals surface area (Å²) in [5.41, 5.74) is 2.02. The quantitative estimate of drug-likeness (QED) is 0.477. The number of benzene rings is 3.